The van der Waals surface area contributed by atoms with Crippen LogP contribution in [0.15, 0.2) is 18.3 Å². The number of hydrogen-bond acceptors (Lipinski definition) is 3. The van der Waals surface area contributed by atoms with Gasteiger partial charge < -0.3 is 10.1 Å². The minimum atomic E-state index is 0.0153. The van der Waals surface area contributed by atoms with Gasteiger partial charge in [-0.15, -0.1) is 0 Å². The van der Waals surface area contributed by atoms with Crippen molar-refractivity contribution in [2.75, 3.05) is 6.61 Å². The van der Waals surface area contributed by atoms with E-state index >= 15 is 0 Å². The molecule has 0 saturated carbocycles. The Labute approximate surface area is 104 Å². The van der Waals surface area contributed by atoms with Crippen molar-refractivity contribution < 1.29 is 4.74 Å². The maximum absolute atomic E-state index is 5.71. The fourth-order valence-corrected chi connectivity index (χ4v) is 2.27. The van der Waals surface area contributed by atoms with Crippen molar-refractivity contribution >= 4 is 0 Å². The van der Waals surface area contributed by atoms with E-state index in [1.54, 1.807) is 0 Å². The maximum Gasteiger partial charge on any atom is 0.0641 e. The molecule has 0 amide bonds. The summed E-state index contributed by atoms with van der Waals surface area (Å²) in [6.45, 7) is 8.09. The first-order valence-electron chi connectivity index (χ1n) is 6.34. The fourth-order valence-electron chi connectivity index (χ4n) is 2.27. The molecule has 1 aliphatic rings. The molecule has 0 aromatic carbocycles. The highest BCUT2D eigenvalue weighted by molar-refractivity contribution is 5.12. The van der Waals surface area contributed by atoms with Crippen LogP contribution in [0, 0.1) is 6.92 Å². The Morgan fingerprint density at radius 1 is 1.47 bits per heavy atom. The van der Waals surface area contributed by atoms with Crippen LogP contribution in [0.3, 0.4) is 0 Å². The molecule has 0 aliphatic carbocycles. The third kappa shape index (κ3) is 3.79. The lowest BCUT2D eigenvalue weighted by molar-refractivity contribution is -0.0630. The second kappa shape index (κ2) is 5.15. The van der Waals surface area contributed by atoms with Crippen LogP contribution in [0.2, 0.25) is 0 Å². The molecule has 1 aromatic heterocycles. The summed E-state index contributed by atoms with van der Waals surface area (Å²) in [5.74, 6) is 0. The first kappa shape index (κ1) is 12.5. The lowest BCUT2D eigenvalue weighted by Crippen LogP contribution is -2.43. The molecule has 2 heterocycles. The van der Waals surface area contributed by atoms with E-state index < -0.39 is 0 Å². The van der Waals surface area contributed by atoms with Gasteiger partial charge in [0.05, 0.1) is 5.60 Å². The molecule has 1 N–H and O–H groups in total. The van der Waals surface area contributed by atoms with Gasteiger partial charge in [-0.1, -0.05) is 6.07 Å². The van der Waals surface area contributed by atoms with Gasteiger partial charge in [0.15, 0.2) is 0 Å². The number of aryl methyl sites for hydroxylation is 1. The summed E-state index contributed by atoms with van der Waals surface area (Å²) in [6, 6.07) is 4.75. The van der Waals surface area contributed by atoms with Crippen LogP contribution in [0.1, 0.15) is 37.9 Å². The molecule has 3 heteroatoms. The van der Waals surface area contributed by atoms with E-state index in [0.29, 0.717) is 6.04 Å². The average molecular weight is 234 g/mol. The van der Waals surface area contributed by atoms with Crippen LogP contribution in [-0.4, -0.2) is 23.2 Å². The molecule has 0 bridgehead atoms. The lowest BCUT2D eigenvalue weighted by atomic mass is 9.94. The molecule has 1 aliphatic heterocycles. The SMILES string of the molecule is Cc1ccc(CNC2CCOC(C)(C)C2)cn1. The molecular weight excluding hydrogens is 212 g/mol. The van der Waals surface area contributed by atoms with Crippen LogP contribution in [0.4, 0.5) is 0 Å². The number of hydrogen-bond donors (Lipinski definition) is 1. The monoisotopic (exact) mass is 234 g/mol. The number of nitrogens with one attached hydrogen (secondary N) is 1. The highest BCUT2D eigenvalue weighted by Crippen LogP contribution is 2.24. The molecule has 1 unspecified atom stereocenters. The summed E-state index contributed by atoms with van der Waals surface area (Å²) in [6.07, 6.45) is 4.13. The Hall–Kier alpha value is -0.930. The summed E-state index contributed by atoms with van der Waals surface area (Å²) in [5.41, 5.74) is 2.34. The first-order chi connectivity index (χ1) is 8.05. The van der Waals surface area contributed by atoms with Crippen LogP contribution in [-0.2, 0) is 11.3 Å². The summed E-state index contributed by atoms with van der Waals surface area (Å²) >= 11 is 0. The summed E-state index contributed by atoms with van der Waals surface area (Å²) in [7, 11) is 0. The molecular formula is C14H22N2O. The van der Waals surface area contributed by atoms with Crippen molar-refractivity contribution in [1.82, 2.24) is 10.3 Å². The van der Waals surface area contributed by atoms with E-state index in [-0.39, 0.29) is 5.60 Å². The number of ether oxygens (including phenoxy) is 1. The Balaban J connectivity index is 1.84. The molecule has 0 spiro atoms. The number of rotatable bonds is 3. The van der Waals surface area contributed by atoms with Gasteiger partial charge in [-0.05, 0) is 45.2 Å². The van der Waals surface area contributed by atoms with Gasteiger partial charge in [-0.2, -0.15) is 0 Å². The van der Waals surface area contributed by atoms with Gasteiger partial charge in [0.1, 0.15) is 0 Å². The van der Waals surface area contributed by atoms with Gasteiger partial charge in [0, 0.05) is 31.1 Å². The predicted molar refractivity (Wildman–Crippen MR) is 68.9 cm³/mol. The third-order valence-electron chi connectivity index (χ3n) is 3.26. The van der Waals surface area contributed by atoms with Crippen molar-refractivity contribution in [3.8, 4) is 0 Å². The highest BCUT2D eigenvalue weighted by atomic mass is 16.5. The summed E-state index contributed by atoms with van der Waals surface area (Å²) < 4.78 is 5.71. The van der Waals surface area contributed by atoms with Crippen molar-refractivity contribution in [2.45, 2.75) is 51.8 Å². The number of aromatic nitrogens is 1. The molecule has 1 fully saturated rings. The third-order valence-corrected chi connectivity index (χ3v) is 3.26. The fraction of sp³-hybridized carbons (Fsp3) is 0.643. The molecule has 1 saturated heterocycles. The smallest absolute Gasteiger partial charge is 0.0641 e. The van der Waals surface area contributed by atoms with Crippen molar-refractivity contribution in [3.63, 3.8) is 0 Å². The second-order valence-electron chi connectivity index (χ2n) is 5.49. The van der Waals surface area contributed by atoms with Gasteiger partial charge in [0.25, 0.3) is 0 Å². The zero-order chi connectivity index (χ0) is 12.3. The van der Waals surface area contributed by atoms with Crippen LogP contribution in [0.5, 0.6) is 0 Å². The Morgan fingerprint density at radius 2 is 2.29 bits per heavy atom. The minimum absolute atomic E-state index is 0.0153. The summed E-state index contributed by atoms with van der Waals surface area (Å²) in [4.78, 5) is 4.31. The topological polar surface area (TPSA) is 34.1 Å². The molecule has 3 nitrogen and oxygen atoms in total. The lowest BCUT2D eigenvalue weighted by Gasteiger charge is -2.36. The van der Waals surface area contributed by atoms with Crippen molar-refractivity contribution in [1.29, 1.82) is 0 Å². The Morgan fingerprint density at radius 3 is 2.94 bits per heavy atom. The molecule has 0 radical (unpaired) electrons. The van der Waals surface area contributed by atoms with E-state index in [4.69, 9.17) is 4.74 Å². The molecule has 1 atom stereocenters. The quantitative estimate of drug-likeness (QED) is 0.872. The van der Waals surface area contributed by atoms with Crippen LogP contribution >= 0.6 is 0 Å². The van der Waals surface area contributed by atoms with Crippen molar-refractivity contribution in [2.24, 2.45) is 0 Å². The standard InChI is InChI=1S/C14H22N2O/c1-11-4-5-12(9-15-11)10-16-13-6-7-17-14(2,3)8-13/h4-5,9,13,16H,6-8,10H2,1-3H3. The van der Waals surface area contributed by atoms with Gasteiger partial charge >= 0.3 is 0 Å². The van der Waals surface area contributed by atoms with Gasteiger partial charge in [0.2, 0.25) is 0 Å². The highest BCUT2D eigenvalue weighted by Gasteiger charge is 2.28. The van der Waals surface area contributed by atoms with E-state index in [2.05, 4.69) is 36.3 Å². The van der Waals surface area contributed by atoms with Crippen molar-refractivity contribution in [3.05, 3.63) is 29.6 Å². The van der Waals surface area contributed by atoms with E-state index in [9.17, 15) is 0 Å². The Bertz CT molecular complexity index is 359. The molecule has 2 rings (SSSR count). The van der Waals surface area contributed by atoms with Gasteiger partial charge in [-0.3, -0.25) is 4.98 Å². The average Bonchev–Trinajstić information content (AvgIpc) is 2.27. The summed E-state index contributed by atoms with van der Waals surface area (Å²) in [5, 5.41) is 3.59. The molecule has 94 valence electrons. The first-order valence-corrected chi connectivity index (χ1v) is 6.34. The van der Waals surface area contributed by atoms with E-state index in [0.717, 1.165) is 31.7 Å². The maximum atomic E-state index is 5.71. The zero-order valence-electron chi connectivity index (χ0n) is 11.0. The van der Waals surface area contributed by atoms with Gasteiger partial charge in [-0.25, -0.2) is 0 Å². The number of nitrogens with zero attached hydrogens (tertiary/aromatic N) is 1. The van der Waals surface area contributed by atoms with E-state index in [1.165, 1.54) is 5.56 Å². The molecule has 17 heavy (non-hydrogen) atoms. The minimum Gasteiger partial charge on any atom is -0.375 e. The second-order valence-corrected chi connectivity index (χ2v) is 5.49. The zero-order valence-corrected chi connectivity index (χ0v) is 11.0. The predicted octanol–water partition coefficient (Wildman–Crippen LogP) is 2.44. The normalized spacial score (nSPS) is 23.6. The largest absolute Gasteiger partial charge is 0.375 e. The molecule has 1 aromatic rings. The van der Waals surface area contributed by atoms with Crippen LogP contribution < -0.4 is 5.32 Å². The number of pyridine rings is 1. The van der Waals surface area contributed by atoms with Crippen LogP contribution in [0.25, 0.3) is 0 Å². The van der Waals surface area contributed by atoms with E-state index in [1.807, 2.05) is 13.1 Å². The Kier molecular flexibility index (Phi) is 3.79.